The lowest BCUT2D eigenvalue weighted by atomic mass is 9.89. The minimum atomic E-state index is -0.421. The molecule has 0 aliphatic heterocycles. The van der Waals surface area contributed by atoms with E-state index in [4.69, 9.17) is 0 Å². The molecule has 0 aliphatic carbocycles. The van der Waals surface area contributed by atoms with Crippen molar-refractivity contribution in [1.29, 1.82) is 0 Å². The van der Waals surface area contributed by atoms with Crippen molar-refractivity contribution >= 4 is 0 Å². The molecule has 0 saturated heterocycles. The summed E-state index contributed by atoms with van der Waals surface area (Å²) in [4.78, 5) is 39.9. The second kappa shape index (κ2) is 16.6. The molecular weight excluding hydrogens is 486 g/mol. The number of rotatable bonds is 18. The van der Waals surface area contributed by atoms with E-state index in [0.29, 0.717) is 35.9 Å². The number of unbranched alkanes of at least 4 members (excludes halogenated alkanes) is 9. The quantitative estimate of drug-likeness (QED) is 0.173. The maximum Gasteiger partial charge on any atom is 0.336 e. The third-order valence-electron chi connectivity index (χ3n) is 7.56. The van der Waals surface area contributed by atoms with Crippen LogP contribution in [0.3, 0.4) is 0 Å². The Labute approximate surface area is 239 Å². The molecule has 0 unspecified atom stereocenters. The Hall–Kier alpha value is -1.59. The molecule has 6 heteroatoms. The van der Waals surface area contributed by atoms with Crippen LogP contribution in [0.5, 0.6) is 0 Å². The van der Waals surface area contributed by atoms with Crippen LogP contribution >= 0.6 is 0 Å². The Bertz CT molecular complexity index is 835. The smallest absolute Gasteiger partial charge is 0.247 e. The van der Waals surface area contributed by atoms with Crippen LogP contribution < -0.4 is 17.1 Å². The Morgan fingerprint density at radius 3 is 0.769 bits per heavy atom. The van der Waals surface area contributed by atoms with Crippen molar-refractivity contribution in [3.05, 3.63) is 31.5 Å². The predicted molar refractivity (Wildman–Crippen MR) is 167 cm³/mol. The number of aromatic nitrogens is 3. The van der Waals surface area contributed by atoms with Gasteiger partial charge in [0.25, 0.3) is 0 Å². The molecule has 1 aromatic heterocycles. The number of hydrogen-bond acceptors (Lipinski definition) is 3. The van der Waals surface area contributed by atoms with Crippen LogP contribution in [0, 0.1) is 16.2 Å². The zero-order chi connectivity index (χ0) is 29.7. The van der Waals surface area contributed by atoms with Gasteiger partial charge in [-0.25, -0.2) is 28.1 Å². The van der Waals surface area contributed by atoms with Crippen molar-refractivity contribution < 1.29 is 0 Å². The van der Waals surface area contributed by atoms with E-state index in [0.717, 1.165) is 77.0 Å². The summed E-state index contributed by atoms with van der Waals surface area (Å²) in [6, 6.07) is 0. The molecule has 0 atom stereocenters. The fourth-order valence-electron chi connectivity index (χ4n) is 5.09. The van der Waals surface area contributed by atoms with Crippen molar-refractivity contribution in [2.24, 2.45) is 16.2 Å². The Morgan fingerprint density at radius 2 is 0.564 bits per heavy atom. The Kier molecular flexibility index (Phi) is 15.1. The van der Waals surface area contributed by atoms with E-state index in [1.165, 1.54) is 33.0 Å². The van der Waals surface area contributed by atoms with Crippen LogP contribution in [0.15, 0.2) is 14.4 Å². The molecule has 1 rings (SSSR count). The first-order chi connectivity index (χ1) is 18.0. The summed E-state index contributed by atoms with van der Waals surface area (Å²) in [6.45, 7) is 21.5. The van der Waals surface area contributed by atoms with E-state index in [9.17, 15) is 14.4 Å². The highest BCUT2D eigenvalue weighted by molar-refractivity contribution is 4.80. The van der Waals surface area contributed by atoms with Gasteiger partial charge in [0.05, 0.1) is 0 Å². The fraction of sp³-hybridized carbons (Fsp3) is 0.909. The molecule has 0 bridgehead atoms. The van der Waals surface area contributed by atoms with E-state index in [-0.39, 0.29) is 0 Å². The van der Waals surface area contributed by atoms with Crippen LogP contribution in [0.1, 0.15) is 159 Å². The van der Waals surface area contributed by atoms with Crippen LogP contribution in [-0.4, -0.2) is 13.7 Å². The van der Waals surface area contributed by atoms with Crippen molar-refractivity contribution in [1.82, 2.24) is 13.7 Å². The second-order valence-corrected chi connectivity index (χ2v) is 15.5. The number of nitrogens with zero attached hydrogens (tertiary/aromatic N) is 3. The molecule has 1 heterocycles. The van der Waals surface area contributed by atoms with Crippen LogP contribution in [-0.2, 0) is 19.6 Å². The SMILES string of the molecule is CC(C)(C)CCCCCCn1c(=O)n(CCCCCCC(C)(C)C)c(=O)n(CCCCCCC(C)(C)C)c1=O. The number of hydrogen-bond donors (Lipinski definition) is 0. The minimum Gasteiger partial charge on any atom is -0.247 e. The van der Waals surface area contributed by atoms with Gasteiger partial charge in [-0.2, -0.15) is 0 Å². The highest BCUT2D eigenvalue weighted by atomic mass is 16.2. The molecule has 0 aliphatic rings. The molecule has 228 valence electrons. The summed E-state index contributed by atoms with van der Waals surface area (Å²) >= 11 is 0. The molecule has 0 N–H and O–H groups in total. The van der Waals surface area contributed by atoms with Gasteiger partial charge in [0.1, 0.15) is 0 Å². The van der Waals surface area contributed by atoms with Crippen LogP contribution in [0.25, 0.3) is 0 Å². The molecule has 6 nitrogen and oxygen atoms in total. The highest BCUT2D eigenvalue weighted by Gasteiger charge is 2.16. The summed E-state index contributed by atoms with van der Waals surface area (Å²) in [5, 5.41) is 0. The first-order valence-electron chi connectivity index (χ1n) is 16.0. The van der Waals surface area contributed by atoms with E-state index < -0.39 is 17.1 Å². The fourth-order valence-corrected chi connectivity index (χ4v) is 5.09. The molecule has 0 spiro atoms. The first-order valence-corrected chi connectivity index (χ1v) is 16.0. The Morgan fingerprint density at radius 1 is 0.359 bits per heavy atom. The summed E-state index contributed by atoms with van der Waals surface area (Å²) in [5.41, 5.74) is -0.263. The second-order valence-electron chi connectivity index (χ2n) is 15.5. The Balaban J connectivity index is 2.88. The van der Waals surface area contributed by atoms with Crippen molar-refractivity contribution in [3.63, 3.8) is 0 Å². The largest absolute Gasteiger partial charge is 0.336 e. The van der Waals surface area contributed by atoms with Crippen molar-refractivity contribution in [2.45, 2.75) is 178 Å². The predicted octanol–water partition coefficient (Wildman–Crippen LogP) is 8.16. The van der Waals surface area contributed by atoms with Crippen LogP contribution in [0.4, 0.5) is 0 Å². The maximum absolute atomic E-state index is 13.3. The molecule has 0 amide bonds. The molecule has 0 aromatic carbocycles. The first kappa shape index (κ1) is 35.4. The van der Waals surface area contributed by atoms with Gasteiger partial charge in [0.2, 0.25) is 0 Å². The van der Waals surface area contributed by atoms with Crippen molar-refractivity contribution in [2.75, 3.05) is 0 Å². The average Bonchev–Trinajstić information content (AvgIpc) is 2.79. The third kappa shape index (κ3) is 15.7. The van der Waals surface area contributed by atoms with E-state index in [1.807, 2.05) is 0 Å². The van der Waals surface area contributed by atoms with Gasteiger partial charge >= 0.3 is 17.1 Å². The van der Waals surface area contributed by atoms with Gasteiger partial charge in [-0.3, -0.25) is 0 Å². The van der Waals surface area contributed by atoms with Gasteiger partial charge in [-0.15, -0.1) is 0 Å². The molecule has 0 fully saturated rings. The molecular formula is C33H63N3O3. The monoisotopic (exact) mass is 549 g/mol. The standard InChI is InChI=1S/C33H63N3O3/c1-31(2,3)22-16-10-13-19-25-34-28(37)35(26-20-14-11-17-23-32(4,5)6)30(39)36(29(34)38)27-21-15-12-18-24-33(7,8)9/h10-27H2,1-9H3. The van der Waals surface area contributed by atoms with Gasteiger partial charge in [-0.1, -0.05) is 120 Å². The molecule has 39 heavy (non-hydrogen) atoms. The minimum absolute atomic E-state index is 0.333. The topological polar surface area (TPSA) is 66.0 Å². The average molecular weight is 550 g/mol. The summed E-state index contributed by atoms with van der Waals surface area (Å²) in [5.74, 6) is 0. The van der Waals surface area contributed by atoms with Crippen LogP contribution in [0.2, 0.25) is 0 Å². The lowest BCUT2D eigenvalue weighted by Crippen LogP contribution is -2.54. The summed E-state index contributed by atoms with van der Waals surface area (Å²) in [6.07, 6.45) is 15.6. The van der Waals surface area contributed by atoms with Gasteiger partial charge < -0.3 is 0 Å². The van der Waals surface area contributed by atoms with Gasteiger partial charge in [0.15, 0.2) is 0 Å². The summed E-state index contributed by atoms with van der Waals surface area (Å²) < 4.78 is 4.01. The zero-order valence-electron chi connectivity index (χ0n) is 27.3. The maximum atomic E-state index is 13.3. The zero-order valence-corrected chi connectivity index (χ0v) is 27.3. The third-order valence-corrected chi connectivity index (χ3v) is 7.56. The van der Waals surface area contributed by atoms with E-state index >= 15 is 0 Å². The van der Waals surface area contributed by atoms with Gasteiger partial charge in [-0.05, 0) is 54.8 Å². The van der Waals surface area contributed by atoms with Gasteiger partial charge in [0, 0.05) is 19.6 Å². The van der Waals surface area contributed by atoms with E-state index in [2.05, 4.69) is 62.3 Å². The van der Waals surface area contributed by atoms with Crippen molar-refractivity contribution in [3.8, 4) is 0 Å². The lowest BCUT2D eigenvalue weighted by molar-refractivity contribution is 0.350. The highest BCUT2D eigenvalue weighted by Crippen LogP contribution is 2.24. The lowest BCUT2D eigenvalue weighted by Gasteiger charge is -2.18. The summed E-state index contributed by atoms with van der Waals surface area (Å²) in [7, 11) is 0. The molecule has 0 radical (unpaired) electrons. The molecule has 0 saturated carbocycles. The van der Waals surface area contributed by atoms with E-state index in [1.54, 1.807) is 0 Å². The normalized spacial score (nSPS) is 12.8. The molecule has 1 aromatic rings.